The third kappa shape index (κ3) is 5.60. The summed E-state index contributed by atoms with van der Waals surface area (Å²) in [7, 11) is 2.07. The van der Waals surface area contributed by atoms with Crippen LogP contribution < -0.4 is 15.0 Å². The van der Waals surface area contributed by atoms with E-state index in [2.05, 4.69) is 41.0 Å². The summed E-state index contributed by atoms with van der Waals surface area (Å²) in [5.41, 5.74) is 2.45. The number of carbonyl (C=O) groups excluding carboxylic acids is 2. The van der Waals surface area contributed by atoms with Crippen LogP contribution in [0.1, 0.15) is 63.4 Å². The average Bonchev–Trinajstić information content (AvgIpc) is 3.35. The first-order chi connectivity index (χ1) is 18.8. The third-order valence-electron chi connectivity index (χ3n) is 8.67. The van der Waals surface area contributed by atoms with Gasteiger partial charge in [-0.3, -0.25) is 9.59 Å². The van der Waals surface area contributed by atoms with Crippen LogP contribution in [0.4, 0.5) is 5.69 Å². The number of likely N-dealkylation sites (tertiary alicyclic amines) is 1. The Bertz CT molecular complexity index is 1200. The van der Waals surface area contributed by atoms with E-state index in [4.69, 9.17) is 9.72 Å². The molecule has 2 atom stereocenters. The molecule has 0 bridgehead atoms. The number of aromatic nitrogens is 2. The number of likely N-dealkylation sites (N-methyl/N-ethyl adjacent to an activating group) is 1. The molecule has 1 saturated carbocycles. The van der Waals surface area contributed by atoms with Crippen LogP contribution in [0.2, 0.25) is 0 Å². The van der Waals surface area contributed by atoms with Crippen LogP contribution in [0.3, 0.4) is 0 Å². The molecule has 0 radical (unpaired) electrons. The van der Waals surface area contributed by atoms with Crippen molar-refractivity contribution in [3.8, 4) is 17.1 Å². The molecule has 2 aromatic heterocycles. The molecule has 3 fully saturated rings. The lowest BCUT2D eigenvalue weighted by Crippen LogP contribution is -2.58. The maximum Gasteiger partial charge on any atom is 0.272 e. The molecule has 0 spiro atoms. The second-order valence-electron chi connectivity index (χ2n) is 11.5. The second kappa shape index (κ2) is 11.5. The summed E-state index contributed by atoms with van der Waals surface area (Å²) < 4.78 is 5.76. The number of rotatable bonds is 8. The van der Waals surface area contributed by atoms with Crippen molar-refractivity contribution in [3.63, 3.8) is 0 Å². The first kappa shape index (κ1) is 27.4. The Labute approximate surface area is 231 Å². The minimum atomic E-state index is -0.203. The van der Waals surface area contributed by atoms with E-state index in [-0.39, 0.29) is 29.3 Å². The van der Waals surface area contributed by atoms with E-state index in [1.165, 1.54) is 0 Å². The van der Waals surface area contributed by atoms with Crippen molar-refractivity contribution in [1.82, 2.24) is 25.1 Å². The third-order valence-corrected chi connectivity index (χ3v) is 8.67. The molecule has 3 aliphatic rings. The van der Waals surface area contributed by atoms with Gasteiger partial charge in [0.15, 0.2) is 5.69 Å². The van der Waals surface area contributed by atoms with Gasteiger partial charge in [-0.2, -0.15) is 0 Å². The van der Waals surface area contributed by atoms with Crippen LogP contribution in [0.15, 0.2) is 30.5 Å². The van der Waals surface area contributed by atoms with Gasteiger partial charge in [-0.05, 0) is 70.5 Å². The summed E-state index contributed by atoms with van der Waals surface area (Å²) in [6, 6.07) is 7.95. The molecule has 210 valence electrons. The van der Waals surface area contributed by atoms with Gasteiger partial charge in [-0.1, -0.05) is 20.3 Å². The summed E-state index contributed by atoms with van der Waals surface area (Å²) in [6.07, 6.45) is 6.58. The molecule has 1 N–H and O–H groups in total. The number of piperazine rings is 1. The summed E-state index contributed by atoms with van der Waals surface area (Å²) >= 11 is 0. The molecule has 0 aromatic carbocycles. The average molecular weight is 535 g/mol. The maximum atomic E-state index is 13.8. The van der Waals surface area contributed by atoms with E-state index in [1.807, 2.05) is 36.1 Å². The molecule has 2 aliphatic heterocycles. The number of hydrogen-bond donors (Lipinski definition) is 1. The Morgan fingerprint density at radius 2 is 1.95 bits per heavy atom. The minimum absolute atomic E-state index is 0.0952. The van der Waals surface area contributed by atoms with Crippen molar-refractivity contribution in [2.45, 2.75) is 65.0 Å². The highest BCUT2D eigenvalue weighted by molar-refractivity contribution is 5.99. The zero-order valence-corrected chi connectivity index (χ0v) is 23.8. The van der Waals surface area contributed by atoms with Crippen LogP contribution in [0, 0.1) is 5.41 Å². The van der Waals surface area contributed by atoms with Gasteiger partial charge >= 0.3 is 0 Å². The predicted octanol–water partition coefficient (Wildman–Crippen LogP) is 3.59. The Hall–Kier alpha value is -3.20. The van der Waals surface area contributed by atoms with E-state index in [0.717, 1.165) is 56.4 Å². The van der Waals surface area contributed by atoms with E-state index in [1.54, 1.807) is 6.20 Å². The van der Waals surface area contributed by atoms with Gasteiger partial charge in [0.1, 0.15) is 0 Å². The summed E-state index contributed by atoms with van der Waals surface area (Å²) in [5.74, 6) is 0.625. The Kier molecular flexibility index (Phi) is 8.07. The van der Waals surface area contributed by atoms with Crippen LogP contribution in [0.5, 0.6) is 5.88 Å². The molecule has 9 heteroatoms. The lowest BCUT2D eigenvalue weighted by atomic mass is 9.69. The molecule has 9 nitrogen and oxygen atoms in total. The first-order valence-electron chi connectivity index (χ1n) is 14.5. The Balaban J connectivity index is 1.46. The summed E-state index contributed by atoms with van der Waals surface area (Å²) in [6.45, 7) is 10.4. The SMILES string of the molecule is CCOc1ncccc1-c1ccc(N2CCN(C(=O)C3(C)CCC3)C[C@H]2CC)c(C(=O)NC2CCN(C)C2)n1. The number of nitrogens with one attached hydrogen (secondary N) is 1. The van der Waals surface area contributed by atoms with Gasteiger partial charge in [0.2, 0.25) is 11.8 Å². The summed E-state index contributed by atoms with van der Waals surface area (Å²) in [4.78, 5) is 43.0. The topological polar surface area (TPSA) is 90.9 Å². The molecule has 2 aromatic rings. The zero-order valence-electron chi connectivity index (χ0n) is 23.8. The lowest BCUT2D eigenvalue weighted by molar-refractivity contribution is -0.146. The van der Waals surface area contributed by atoms with Gasteiger partial charge < -0.3 is 24.8 Å². The largest absolute Gasteiger partial charge is 0.477 e. The highest BCUT2D eigenvalue weighted by Crippen LogP contribution is 2.42. The normalized spacial score (nSPS) is 22.9. The number of ether oxygens (including phenoxy) is 1. The van der Waals surface area contributed by atoms with Crippen molar-refractivity contribution in [3.05, 3.63) is 36.2 Å². The fraction of sp³-hybridized carbons (Fsp3) is 0.600. The molecular weight excluding hydrogens is 492 g/mol. The second-order valence-corrected chi connectivity index (χ2v) is 11.5. The molecule has 1 aliphatic carbocycles. The Morgan fingerprint density at radius 3 is 2.62 bits per heavy atom. The number of pyridine rings is 2. The molecule has 2 saturated heterocycles. The smallest absolute Gasteiger partial charge is 0.272 e. The number of anilines is 1. The van der Waals surface area contributed by atoms with Crippen LogP contribution in [0.25, 0.3) is 11.3 Å². The van der Waals surface area contributed by atoms with Crippen LogP contribution in [-0.2, 0) is 4.79 Å². The molecule has 1 unspecified atom stereocenters. The molecule has 4 heterocycles. The molecule has 39 heavy (non-hydrogen) atoms. The van der Waals surface area contributed by atoms with Gasteiger partial charge in [0.05, 0.1) is 23.6 Å². The predicted molar refractivity (Wildman–Crippen MR) is 152 cm³/mol. The van der Waals surface area contributed by atoms with Gasteiger partial charge in [-0.15, -0.1) is 0 Å². The fourth-order valence-electron chi connectivity index (χ4n) is 6.15. The summed E-state index contributed by atoms with van der Waals surface area (Å²) in [5, 5.41) is 3.24. The number of amides is 2. The van der Waals surface area contributed by atoms with Crippen molar-refractivity contribution in [1.29, 1.82) is 0 Å². The van der Waals surface area contributed by atoms with Crippen molar-refractivity contribution < 1.29 is 14.3 Å². The lowest BCUT2D eigenvalue weighted by Gasteiger charge is -2.47. The zero-order chi connectivity index (χ0) is 27.6. The first-order valence-corrected chi connectivity index (χ1v) is 14.5. The van der Waals surface area contributed by atoms with E-state index in [9.17, 15) is 9.59 Å². The molecule has 5 rings (SSSR count). The number of nitrogens with zero attached hydrogens (tertiary/aromatic N) is 5. The minimum Gasteiger partial charge on any atom is -0.477 e. The highest BCUT2D eigenvalue weighted by atomic mass is 16.5. The van der Waals surface area contributed by atoms with E-state index >= 15 is 0 Å². The monoisotopic (exact) mass is 534 g/mol. The molecule has 2 amide bonds. The van der Waals surface area contributed by atoms with Crippen LogP contribution >= 0.6 is 0 Å². The van der Waals surface area contributed by atoms with E-state index < -0.39 is 0 Å². The maximum absolute atomic E-state index is 13.8. The number of carbonyl (C=O) groups is 2. The van der Waals surface area contributed by atoms with Crippen molar-refractivity contribution in [2.75, 3.05) is 51.3 Å². The van der Waals surface area contributed by atoms with E-state index in [0.29, 0.717) is 43.5 Å². The number of hydrogen-bond acceptors (Lipinski definition) is 7. The quantitative estimate of drug-likeness (QED) is 0.554. The molecular formula is C30H42N6O3. The standard InChI is InChI=1S/C30H42N6O3/c1-5-22-20-35(29(38)30(3)13-8-14-30)17-18-36(22)25-11-10-24(23-9-7-15-31-28(23)39-6-2)33-26(25)27(37)32-21-12-16-34(4)19-21/h7,9-11,15,21-22H,5-6,8,12-14,16-20H2,1-4H3,(H,32,37)/t21?,22-/m1/s1. The van der Waals surface area contributed by atoms with Crippen molar-refractivity contribution >= 4 is 17.5 Å². The van der Waals surface area contributed by atoms with Gasteiger partial charge in [-0.25, -0.2) is 9.97 Å². The Morgan fingerprint density at radius 1 is 1.13 bits per heavy atom. The highest BCUT2D eigenvalue weighted by Gasteiger charge is 2.43. The fourth-order valence-corrected chi connectivity index (χ4v) is 6.15. The van der Waals surface area contributed by atoms with Crippen LogP contribution in [-0.4, -0.2) is 90.0 Å². The van der Waals surface area contributed by atoms with Crippen molar-refractivity contribution in [2.24, 2.45) is 5.41 Å². The van der Waals surface area contributed by atoms with Gasteiger partial charge in [0, 0.05) is 49.9 Å². The van der Waals surface area contributed by atoms with Gasteiger partial charge in [0.25, 0.3) is 5.91 Å².